The van der Waals surface area contributed by atoms with Crippen molar-refractivity contribution < 1.29 is 14.4 Å². The third-order valence-corrected chi connectivity index (χ3v) is 6.12. The largest absolute Gasteiger partial charge is 0.337 e. The second-order valence-electron chi connectivity index (χ2n) is 8.13. The molecule has 4 heterocycles. The first-order valence-electron chi connectivity index (χ1n) is 10.2. The summed E-state index contributed by atoms with van der Waals surface area (Å²) in [6, 6.07) is 10.3. The van der Waals surface area contributed by atoms with Gasteiger partial charge in [-0.1, -0.05) is 30.3 Å². The molecular weight excluding hydrogens is 356 g/mol. The number of hydrogen-bond acceptors (Lipinski definition) is 4. The summed E-state index contributed by atoms with van der Waals surface area (Å²) in [5.41, 5.74) is 1.37. The molecule has 28 heavy (non-hydrogen) atoms. The van der Waals surface area contributed by atoms with Gasteiger partial charge in [-0.05, 0) is 43.7 Å². The van der Waals surface area contributed by atoms with Gasteiger partial charge in [0.25, 0.3) is 5.91 Å². The van der Waals surface area contributed by atoms with Gasteiger partial charge in [-0.2, -0.15) is 0 Å². The molecule has 1 N–H and O–H groups in total. The van der Waals surface area contributed by atoms with Gasteiger partial charge in [-0.3, -0.25) is 14.5 Å². The summed E-state index contributed by atoms with van der Waals surface area (Å²) in [7, 11) is 0. The zero-order valence-electron chi connectivity index (χ0n) is 16.2. The van der Waals surface area contributed by atoms with E-state index in [2.05, 4.69) is 34.5 Å². The van der Waals surface area contributed by atoms with Gasteiger partial charge in [0.05, 0.1) is 6.54 Å². The molecule has 7 nitrogen and oxygen atoms in total. The van der Waals surface area contributed by atoms with E-state index < -0.39 is 6.03 Å². The van der Waals surface area contributed by atoms with E-state index >= 15 is 0 Å². The third-order valence-electron chi connectivity index (χ3n) is 6.12. The first kappa shape index (κ1) is 18.9. The van der Waals surface area contributed by atoms with Gasteiger partial charge in [-0.25, -0.2) is 4.79 Å². The molecule has 0 radical (unpaired) electrons. The van der Waals surface area contributed by atoms with Crippen LogP contribution in [-0.2, 0) is 16.0 Å². The number of carbonyl (C=O) groups excluding carboxylic acids is 3. The average Bonchev–Trinajstić information content (AvgIpc) is 2.88. The van der Waals surface area contributed by atoms with Crippen LogP contribution in [0.5, 0.6) is 0 Å². The minimum atomic E-state index is -0.458. The molecule has 1 aromatic carbocycles. The number of carbonyl (C=O) groups is 3. The molecule has 1 aromatic rings. The van der Waals surface area contributed by atoms with Crippen LogP contribution >= 0.6 is 0 Å². The summed E-state index contributed by atoms with van der Waals surface area (Å²) in [4.78, 5) is 41.8. The molecule has 7 heteroatoms. The number of aryl methyl sites for hydroxylation is 1. The Morgan fingerprint density at radius 2 is 1.89 bits per heavy atom. The molecule has 5 rings (SSSR count). The summed E-state index contributed by atoms with van der Waals surface area (Å²) in [6.45, 7) is 3.55. The molecule has 4 saturated heterocycles. The minimum absolute atomic E-state index is 0.00659. The molecule has 2 atom stereocenters. The van der Waals surface area contributed by atoms with Crippen molar-refractivity contribution in [2.45, 2.75) is 31.7 Å². The number of nitrogens with one attached hydrogen (secondary N) is 1. The lowest BCUT2D eigenvalue weighted by molar-refractivity contribution is -0.139. The second-order valence-corrected chi connectivity index (χ2v) is 8.13. The Morgan fingerprint density at radius 3 is 2.64 bits per heavy atom. The number of hydrogen-bond donors (Lipinski definition) is 1. The van der Waals surface area contributed by atoms with Crippen molar-refractivity contribution in [3.05, 3.63) is 35.9 Å². The summed E-state index contributed by atoms with van der Waals surface area (Å²) in [5, 5.41) is 2.48. The standard InChI is InChI=1S/C21H28N4O3/c26-19-11-22-21(28)25(19)15-20(27)24-13-17-8-9-18(24)14-23(12-17)10-4-7-16-5-2-1-3-6-16/h1-3,5-6,17-18H,4,7-15H2,(H,22,28)/t17-,18+/m0/s1. The van der Waals surface area contributed by atoms with E-state index in [0.29, 0.717) is 5.92 Å². The highest BCUT2D eigenvalue weighted by atomic mass is 16.2. The van der Waals surface area contributed by atoms with Gasteiger partial charge >= 0.3 is 6.03 Å². The Kier molecular flexibility index (Phi) is 5.62. The lowest BCUT2D eigenvalue weighted by Gasteiger charge is -2.36. The molecule has 0 aromatic heterocycles. The molecule has 0 spiro atoms. The number of benzene rings is 1. The number of piperidine rings is 1. The zero-order valence-corrected chi connectivity index (χ0v) is 16.2. The van der Waals surface area contributed by atoms with E-state index in [1.165, 1.54) is 5.56 Å². The minimum Gasteiger partial charge on any atom is -0.337 e. The monoisotopic (exact) mass is 384 g/mol. The first-order chi connectivity index (χ1) is 13.6. The van der Waals surface area contributed by atoms with Gasteiger partial charge in [0, 0.05) is 25.7 Å². The molecule has 4 amide bonds. The van der Waals surface area contributed by atoms with E-state index in [1.807, 2.05) is 11.0 Å². The van der Waals surface area contributed by atoms with Gasteiger partial charge in [-0.15, -0.1) is 0 Å². The summed E-state index contributed by atoms with van der Waals surface area (Å²) >= 11 is 0. The van der Waals surface area contributed by atoms with Crippen LogP contribution < -0.4 is 5.32 Å². The second kappa shape index (κ2) is 8.31. The molecular formula is C21H28N4O3. The fourth-order valence-electron chi connectivity index (χ4n) is 4.66. The molecule has 150 valence electrons. The molecule has 4 aliphatic heterocycles. The molecule has 2 bridgehead atoms. The van der Waals surface area contributed by atoms with E-state index in [-0.39, 0.29) is 30.9 Å². The number of amides is 4. The number of imide groups is 1. The lowest BCUT2D eigenvalue weighted by Crippen LogP contribution is -2.51. The zero-order chi connectivity index (χ0) is 19.5. The number of rotatable bonds is 6. The van der Waals surface area contributed by atoms with E-state index in [9.17, 15) is 14.4 Å². The number of nitrogens with zero attached hydrogens (tertiary/aromatic N) is 3. The van der Waals surface area contributed by atoms with Crippen molar-refractivity contribution >= 4 is 17.8 Å². The topological polar surface area (TPSA) is 73.0 Å². The maximum atomic E-state index is 12.8. The Balaban J connectivity index is 1.32. The van der Waals surface area contributed by atoms with Crippen molar-refractivity contribution in [3.63, 3.8) is 0 Å². The molecule has 0 aliphatic carbocycles. The first-order valence-corrected chi connectivity index (χ1v) is 10.2. The van der Waals surface area contributed by atoms with Gasteiger partial charge < -0.3 is 15.1 Å². The predicted octanol–water partition coefficient (Wildman–Crippen LogP) is 1.09. The highest BCUT2D eigenvalue weighted by molar-refractivity contribution is 6.04. The van der Waals surface area contributed by atoms with Crippen molar-refractivity contribution in [2.24, 2.45) is 5.92 Å². The Morgan fingerprint density at radius 1 is 1.07 bits per heavy atom. The summed E-state index contributed by atoms with van der Waals surface area (Å²) in [5.74, 6) is 0.0506. The van der Waals surface area contributed by atoms with Crippen LogP contribution in [0.25, 0.3) is 0 Å². The van der Waals surface area contributed by atoms with Gasteiger partial charge in [0.2, 0.25) is 5.91 Å². The summed E-state index contributed by atoms with van der Waals surface area (Å²) < 4.78 is 0. The van der Waals surface area contributed by atoms with Gasteiger partial charge in [0.1, 0.15) is 6.54 Å². The number of fused-ring (bicyclic) bond motifs is 4. The van der Waals surface area contributed by atoms with Crippen LogP contribution in [-0.4, -0.2) is 77.9 Å². The molecule has 4 fully saturated rings. The highest BCUT2D eigenvalue weighted by Crippen LogP contribution is 2.28. The summed E-state index contributed by atoms with van der Waals surface area (Å²) in [6.07, 6.45) is 4.33. The van der Waals surface area contributed by atoms with Crippen LogP contribution in [0.4, 0.5) is 4.79 Å². The van der Waals surface area contributed by atoms with Crippen molar-refractivity contribution in [1.82, 2.24) is 20.0 Å². The number of urea groups is 1. The van der Waals surface area contributed by atoms with Crippen molar-refractivity contribution in [2.75, 3.05) is 39.3 Å². The predicted molar refractivity (Wildman–Crippen MR) is 105 cm³/mol. The highest BCUT2D eigenvalue weighted by Gasteiger charge is 2.39. The maximum absolute atomic E-state index is 12.8. The van der Waals surface area contributed by atoms with Crippen LogP contribution in [0.15, 0.2) is 30.3 Å². The lowest BCUT2D eigenvalue weighted by atomic mass is 9.95. The van der Waals surface area contributed by atoms with E-state index in [1.54, 1.807) is 0 Å². The van der Waals surface area contributed by atoms with Crippen LogP contribution in [0.1, 0.15) is 24.8 Å². The Bertz CT molecular complexity index is 722. The van der Waals surface area contributed by atoms with Crippen LogP contribution in [0.2, 0.25) is 0 Å². The van der Waals surface area contributed by atoms with E-state index in [4.69, 9.17) is 0 Å². The quantitative estimate of drug-likeness (QED) is 0.746. The Hall–Kier alpha value is -2.41. The van der Waals surface area contributed by atoms with Gasteiger partial charge in [0.15, 0.2) is 0 Å². The van der Waals surface area contributed by atoms with Crippen LogP contribution in [0, 0.1) is 5.92 Å². The average molecular weight is 384 g/mol. The van der Waals surface area contributed by atoms with E-state index in [0.717, 1.165) is 56.8 Å². The molecule has 0 saturated carbocycles. The van der Waals surface area contributed by atoms with Crippen LogP contribution in [0.3, 0.4) is 0 Å². The van der Waals surface area contributed by atoms with Crippen molar-refractivity contribution in [3.8, 4) is 0 Å². The Labute approximate surface area is 165 Å². The molecule has 4 aliphatic rings. The fourth-order valence-corrected chi connectivity index (χ4v) is 4.66. The fraction of sp³-hybridized carbons (Fsp3) is 0.571. The van der Waals surface area contributed by atoms with Crippen molar-refractivity contribution in [1.29, 1.82) is 0 Å². The third kappa shape index (κ3) is 4.19. The maximum Gasteiger partial charge on any atom is 0.325 e. The normalized spacial score (nSPS) is 25.1. The smallest absolute Gasteiger partial charge is 0.325 e. The SMILES string of the molecule is O=C1CNC(=O)N1CC(=O)N1C[C@H]2CC[C@@H]1CN(CCCc1ccccc1)C2. The molecule has 0 unspecified atom stereocenters.